The van der Waals surface area contributed by atoms with Gasteiger partial charge in [0.05, 0.1) is 10.2 Å². The van der Waals surface area contributed by atoms with Crippen LogP contribution in [0.1, 0.15) is 11.7 Å². The molecule has 2 rings (SSSR count). The topological polar surface area (TPSA) is 30.0 Å². The van der Waals surface area contributed by atoms with Gasteiger partial charge in [0.1, 0.15) is 13.5 Å². The van der Waals surface area contributed by atoms with Crippen LogP contribution in [0, 0.1) is 5.82 Å². The first-order valence-electron chi connectivity index (χ1n) is 5.01. The van der Waals surface area contributed by atoms with Gasteiger partial charge < -0.3 is 0 Å². The van der Waals surface area contributed by atoms with Crippen molar-refractivity contribution in [1.29, 1.82) is 0 Å². The Morgan fingerprint density at radius 2 is 2.25 bits per heavy atom. The van der Waals surface area contributed by atoms with Crippen molar-refractivity contribution in [3.8, 4) is 11.3 Å². The van der Waals surface area contributed by atoms with Crippen LogP contribution in [0.5, 0.6) is 0 Å². The lowest BCUT2D eigenvalue weighted by Gasteiger charge is -2.04. The van der Waals surface area contributed by atoms with Gasteiger partial charge in [-0.15, -0.1) is 0 Å². The predicted molar refractivity (Wildman–Crippen MR) is 62.7 cm³/mol. The lowest BCUT2D eigenvalue weighted by molar-refractivity contribution is 0.112. The Kier molecular flexibility index (Phi) is 2.74. The summed E-state index contributed by atoms with van der Waals surface area (Å²) in [5, 5.41) is 0. The molecule has 0 fully saturated rings. The molecule has 2 aromatic rings. The van der Waals surface area contributed by atoms with E-state index >= 15 is 0 Å². The summed E-state index contributed by atoms with van der Waals surface area (Å²) in [7, 11) is 0. The van der Waals surface area contributed by atoms with Crippen molar-refractivity contribution in [2.75, 3.05) is 0 Å². The Morgan fingerprint density at radius 3 is 3.00 bits per heavy atom. The Labute approximate surface area is 102 Å². The molecule has 2 nitrogen and oxygen atoms in total. The van der Waals surface area contributed by atoms with Gasteiger partial charge >= 0.3 is 0 Å². The van der Waals surface area contributed by atoms with E-state index in [9.17, 15) is 9.18 Å². The summed E-state index contributed by atoms with van der Waals surface area (Å²) >= 11 is 3.08. The van der Waals surface area contributed by atoms with E-state index in [0.717, 1.165) is 0 Å². The highest BCUT2D eigenvalue weighted by Gasteiger charge is 2.09. The number of aromatic nitrogens is 1. The number of hydrogen-bond acceptors (Lipinski definition) is 2. The molecule has 0 bridgehead atoms. The fraction of sp³-hybridized carbons (Fsp3) is 0. The minimum Gasteiger partial charge on any atom is -0.298 e. The van der Waals surface area contributed by atoms with E-state index in [-0.39, 0.29) is 5.56 Å². The first-order chi connectivity index (χ1) is 8.09. The molecule has 0 aliphatic heterocycles. The molecule has 80 valence electrons. The van der Waals surface area contributed by atoms with Crippen LogP contribution < -0.4 is 0 Å². The second-order valence-electron chi connectivity index (χ2n) is 3.13. The van der Waals surface area contributed by atoms with Crippen molar-refractivity contribution in [1.82, 2.24) is 4.98 Å². The summed E-state index contributed by atoms with van der Waals surface area (Å²) in [6, 6.07) is 7.66. The van der Waals surface area contributed by atoms with Crippen LogP contribution in [0.15, 0.2) is 41.0 Å². The number of halogens is 2. The highest BCUT2D eigenvalue weighted by Crippen LogP contribution is 2.26. The number of hydrogen-bond donors (Lipinski definition) is 0. The van der Waals surface area contributed by atoms with Gasteiger partial charge in [-0.25, -0.2) is 4.39 Å². The van der Waals surface area contributed by atoms with Gasteiger partial charge in [-0.2, -0.15) is 0 Å². The van der Waals surface area contributed by atoms with Gasteiger partial charge in [-0.1, -0.05) is 6.07 Å². The molecule has 4 heteroatoms. The molecular weight excluding hydrogens is 273 g/mol. The Bertz CT molecular complexity index is 588. The van der Waals surface area contributed by atoms with E-state index in [4.69, 9.17) is 1.37 Å². The molecule has 0 amide bonds. The SMILES string of the molecule is [2H]C(=O)c1ccnc(-c2cccc(Br)c2F)c1. The first-order valence-corrected chi connectivity index (χ1v) is 5.30. The fourth-order valence-corrected chi connectivity index (χ4v) is 1.71. The summed E-state index contributed by atoms with van der Waals surface area (Å²) in [5.41, 5.74) is 0.818. The van der Waals surface area contributed by atoms with E-state index < -0.39 is 12.1 Å². The molecule has 0 aliphatic rings. The monoisotopic (exact) mass is 280 g/mol. The molecule has 0 radical (unpaired) electrons. The third kappa shape index (κ3) is 2.02. The largest absolute Gasteiger partial charge is 0.298 e. The highest BCUT2D eigenvalue weighted by atomic mass is 79.9. The van der Waals surface area contributed by atoms with Gasteiger partial charge in [0.2, 0.25) is 0 Å². The van der Waals surface area contributed by atoms with Gasteiger partial charge in [0, 0.05) is 17.3 Å². The van der Waals surface area contributed by atoms with Crippen LogP contribution in [-0.2, 0) is 0 Å². The first kappa shape index (κ1) is 9.66. The number of rotatable bonds is 2. The number of pyridine rings is 1. The minimum absolute atomic E-state index is 0.189. The summed E-state index contributed by atoms with van der Waals surface area (Å²) < 4.78 is 21.1. The Morgan fingerprint density at radius 1 is 1.44 bits per heavy atom. The maximum absolute atomic E-state index is 13.8. The van der Waals surface area contributed by atoms with Gasteiger partial charge in [0.15, 0.2) is 0 Å². The van der Waals surface area contributed by atoms with E-state index in [1.165, 1.54) is 18.3 Å². The van der Waals surface area contributed by atoms with Crippen molar-refractivity contribution < 1.29 is 10.6 Å². The number of aldehydes is 1. The molecule has 1 heterocycles. The maximum Gasteiger partial charge on any atom is 0.150 e. The molecule has 0 saturated carbocycles. The van der Waals surface area contributed by atoms with E-state index in [1.54, 1.807) is 18.2 Å². The molecule has 0 atom stereocenters. The summed E-state index contributed by atoms with van der Waals surface area (Å²) in [5.74, 6) is -0.436. The second-order valence-corrected chi connectivity index (χ2v) is 3.99. The highest BCUT2D eigenvalue weighted by molar-refractivity contribution is 9.10. The normalized spacial score (nSPS) is 11.0. The van der Waals surface area contributed by atoms with Crippen LogP contribution in [0.25, 0.3) is 11.3 Å². The minimum atomic E-state index is -0.816. The molecule has 0 spiro atoms. The standard InChI is InChI=1S/C12H7BrFNO/c13-10-3-1-2-9(12(10)14)11-6-8(7-16)4-5-15-11/h1-7H/i7D. The van der Waals surface area contributed by atoms with Crippen LogP contribution >= 0.6 is 15.9 Å². The van der Waals surface area contributed by atoms with Crippen molar-refractivity contribution >= 4 is 22.2 Å². The zero-order chi connectivity index (χ0) is 12.4. The molecule has 1 aromatic carbocycles. The Balaban J connectivity index is 2.57. The number of nitrogens with zero attached hydrogens (tertiary/aromatic N) is 1. The maximum atomic E-state index is 13.8. The second kappa shape index (κ2) is 4.53. The summed E-state index contributed by atoms with van der Waals surface area (Å²) in [4.78, 5) is 14.9. The van der Waals surface area contributed by atoms with E-state index in [0.29, 0.717) is 15.7 Å². The van der Waals surface area contributed by atoms with Crippen molar-refractivity contribution in [3.05, 3.63) is 52.4 Å². The number of benzene rings is 1. The van der Waals surface area contributed by atoms with Gasteiger partial charge in [0.25, 0.3) is 0 Å². The van der Waals surface area contributed by atoms with E-state index in [1.807, 2.05) is 0 Å². The lowest BCUT2D eigenvalue weighted by Crippen LogP contribution is -1.90. The molecule has 0 N–H and O–H groups in total. The average molecular weight is 281 g/mol. The zero-order valence-corrected chi connectivity index (χ0v) is 9.66. The van der Waals surface area contributed by atoms with Crippen molar-refractivity contribution in [2.45, 2.75) is 0 Å². The number of carbonyl (C=O) groups excluding carboxylic acids is 1. The summed E-state index contributed by atoms with van der Waals surface area (Å²) in [6.45, 7) is 0. The molecular formula is C12H7BrFNO. The van der Waals surface area contributed by atoms with Crippen LogP contribution in [0.2, 0.25) is 0 Å². The molecule has 16 heavy (non-hydrogen) atoms. The van der Waals surface area contributed by atoms with Gasteiger partial charge in [-0.05, 0) is 40.2 Å². The molecule has 0 aliphatic carbocycles. The van der Waals surface area contributed by atoms with Crippen molar-refractivity contribution in [3.63, 3.8) is 0 Å². The smallest absolute Gasteiger partial charge is 0.150 e. The van der Waals surface area contributed by atoms with Crippen LogP contribution in [-0.4, -0.2) is 11.2 Å². The molecule has 0 saturated heterocycles. The predicted octanol–water partition coefficient (Wildman–Crippen LogP) is 3.46. The van der Waals surface area contributed by atoms with E-state index in [2.05, 4.69) is 20.9 Å². The van der Waals surface area contributed by atoms with Crippen LogP contribution in [0.4, 0.5) is 4.39 Å². The zero-order valence-electron chi connectivity index (χ0n) is 9.08. The van der Waals surface area contributed by atoms with Crippen molar-refractivity contribution in [2.24, 2.45) is 0 Å². The van der Waals surface area contributed by atoms with Gasteiger partial charge in [-0.3, -0.25) is 9.78 Å². The molecule has 0 unspecified atom stereocenters. The Hall–Kier alpha value is -1.55. The quantitative estimate of drug-likeness (QED) is 0.789. The fourth-order valence-electron chi connectivity index (χ4n) is 1.34. The third-order valence-corrected chi connectivity index (χ3v) is 2.72. The lowest BCUT2D eigenvalue weighted by atomic mass is 10.1. The van der Waals surface area contributed by atoms with Crippen LogP contribution in [0.3, 0.4) is 0 Å². The average Bonchev–Trinajstić information content (AvgIpc) is 2.33. The summed E-state index contributed by atoms with van der Waals surface area (Å²) in [6.07, 6.45) is 0.571. The molecule has 1 aromatic heterocycles. The third-order valence-electron chi connectivity index (χ3n) is 2.11. The number of carbonyl (C=O) groups is 1.